The van der Waals surface area contributed by atoms with Crippen molar-refractivity contribution in [3.05, 3.63) is 65.5 Å². The van der Waals surface area contributed by atoms with E-state index in [0.717, 1.165) is 24.3 Å². The van der Waals surface area contributed by atoms with Gasteiger partial charge in [0.25, 0.3) is 11.8 Å². The quantitative estimate of drug-likeness (QED) is 0.848. The second kappa shape index (κ2) is 6.65. The molecule has 3 rings (SSSR count). The summed E-state index contributed by atoms with van der Waals surface area (Å²) in [6, 6.07) is 6.09. The molecule has 1 aromatic heterocycles. The monoisotopic (exact) mass is 399 g/mol. The van der Waals surface area contributed by atoms with Crippen LogP contribution in [0.5, 0.6) is 0 Å². The molecule has 1 aliphatic heterocycles. The minimum absolute atomic E-state index is 0.0659. The van der Waals surface area contributed by atoms with Crippen LogP contribution in [0.4, 0.5) is 13.2 Å². The topological polar surface area (TPSA) is 96.4 Å². The number of hydrogen-bond donors (Lipinski definition) is 1. The summed E-state index contributed by atoms with van der Waals surface area (Å²) in [5.74, 6) is -2.50. The van der Waals surface area contributed by atoms with E-state index in [2.05, 4.69) is 10.4 Å². The standard InChI is InChI=1S/C16H12F3N3O4S/c17-16(18,19)12-3-1-11(2-4-12)15-22(13(23)9-27(15,25)26)21-14(24)10-5-7-20-8-6-10/h1-8,15H,9H2,(H,21,24)/t15-/m1/s1. The van der Waals surface area contributed by atoms with Crippen molar-refractivity contribution in [3.8, 4) is 0 Å². The maximum atomic E-state index is 12.7. The molecule has 1 saturated heterocycles. The number of sulfone groups is 1. The van der Waals surface area contributed by atoms with Crippen molar-refractivity contribution in [2.75, 3.05) is 5.75 Å². The highest BCUT2D eigenvalue weighted by Crippen LogP contribution is 2.35. The number of carbonyl (C=O) groups excluding carboxylic acids is 2. The molecule has 1 fully saturated rings. The van der Waals surface area contributed by atoms with Gasteiger partial charge in [0.15, 0.2) is 15.2 Å². The third-order valence-corrected chi connectivity index (χ3v) is 5.67. The Morgan fingerprint density at radius 2 is 1.70 bits per heavy atom. The molecule has 7 nitrogen and oxygen atoms in total. The van der Waals surface area contributed by atoms with Gasteiger partial charge in [-0.25, -0.2) is 13.4 Å². The Hall–Kier alpha value is -2.95. The smallest absolute Gasteiger partial charge is 0.272 e. The Balaban J connectivity index is 1.93. The van der Waals surface area contributed by atoms with Gasteiger partial charge in [-0.15, -0.1) is 0 Å². The summed E-state index contributed by atoms with van der Waals surface area (Å²) in [4.78, 5) is 28.1. The summed E-state index contributed by atoms with van der Waals surface area (Å²) < 4.78 is 62.8. The molecule has 1 N–H and O–H groups in total. The molecule has 0 bridgehead atoms. The Morgan fingerprint density at radius 1 is 1.11 bits per heavy atom. The largest absolute Gasteiger partial charge is 0.416 e. The van der Waals surface area contributed by atoms with Gasteiger partial charge in [0.2, 0.25) is 0 Å². The lowest BCUT2D eigenvalue weighted by molar-refractivity contribution is -0.137. The molecule has 0 spiro atoms. The molecule has 0 radical (unpaired) electrons. The van der Waals surface area contributed by atoms with Gasteiger partial charge in [0.1, 0.15) is 5.75 Å². The number of carbonyl (C=O) groups is 2. The number of benzene rings is 1. The number of nitrogens with zero attached hydrogens (tertiary/aromatic N) is 2. The molecule has 2 heterocycles. The molecule has 1 aliphatic rings. The van der Waals surface area contributed by atoms with Crippen LogP contribution in [0.15, 0.2) is 48.8 Å². The summed E-state index contributed by atoms with van der Waals surface area (Å²) >= 11 is 0. The van der Waals surface area contributed by atoms with Crippen molar-refractivity contribution in [1.29, 1.82) is 0 Å². The van der Waals surface area contributed by atoms with E-state index in [9.17, 15) is 31.2 Å². The molecule has 11 heteroatoms. The first-order valence-corrected chi connectivity index (χ1v) is 9.23. The summed E-state index contributed by atoms with van der Waals surface area (Å²) in [6.45, 7) is 0. The van der Waals surface area contributed by atoms with Gasteiger partial charge in [-0.05, 0) is 29.8 Å². The summed E-state index contributed by atoms with van der Waals surface area (Å²) in [6.07, 6.45) is -1.91. The average molecular weight is 399 g/mol. The zero-order chi connectivity index (χ0) is 19.8. The molecule has 1 aromatic carbocycles. The van der Waals surface area contributed by atoms with Gasteiger partial charge >= 0.3 is 6.18 Å². The van der Waals surface area contributed by atoms with Crippen LogP contribution in [0.1, 0.15) is 26.9 Å². The first-order chi connectivity index (χ1) is 12.6. The van der Waals surface area contributed by atoms with E-state index >= 15 is 0 Å². The number of nitrogens with one attached hydrogen (secondary N) is 1. The SMILES string of the molecule is O=C(NN1C(=O)CS(=O)(=O)[C@@H]1c1ccc(C(F)(F)F)cc1)c1ccncc1. The molecule has 1 atom stereocenters. The van der Waals surface area contributed by atoms with Crippen LogP contribution in [0, 0.1) is 0 Å². The number of hydrogen-bond acceptors (Lipinski definition) is 5. The van der Waals surface area contributed by atoms with Gasteiger partial charge in [-0.2, -0.15) is 13.2 Å². The third kappa shape index (κ3) is 3.77. The van der Waals surface area contributed by atoms with Crippen LogP contribution < -0.4 is 5.43 Å². The lowest BCUT2D eigenvalue weighted by atomic mass is 10.1. The van der Waals surface area contributed by atoms with Crippen LogP contribution >= 0.6 is 0 Å². The number of rotatable bonds is 3. The van der Waals surface area contributed by atoms with Gasteiger partial charge in [-0.3, -0.25) is 20.0 Å². The highest BCUT2D eigenvalue weighted by Gasteiger charge is 2.46. The van der Waals surface area contributed by atoms with Crippen LogP contribution in [0.3, 0.4) is 0 Å². The Labute approximate surface area is 151 Å². The first-order valence-electron chi connectivity index (χ1n) is 7.51. The fourth-order valence-electron chi connectivity index (χ4n) is 2.60. The van der Waals surface area contributed by atoms with E-state index in [0.29, 0.717) is 5.01 Å². The zero-order valence-electron chi connectivity index (χ0n) is 13.5. The predicted octanol–water partition coefficient (Wildman–Crippen LogP) is 1.70. The van der Waals surface area contributed by atoms with Crippen LogP contribution in [0.25, 0.3) is 0 Å². The summed E-state index contributed by atoms with van der Waals surface area (Å²) in [5.41, 5.74) is 1.32. The average Bonchev–Trinajstić information content (AvgIpc) is 2.83. The van der Waals surface area contributed by atoms with Crippen molar-refractivity contribution in [2.24, 2.45) is 0 Å². The molecular weight excluding hydrogens is 387 g/mol. The molecule has 2 aromatic rings. The van der Waals surface area contributed by atoms with Crippen molar-refractivity contribution < 1.29 is 31.2 Å². The number of aromatic nitrogens is 1. The van der Waals surface area contributed by atoms with Crippen molar-refractivity contribution in [3.63, 3.8) is 0 Å². The van der Waals surface area contributed by atoms with Gasteiger partial charge < -0.3 is 0 Å². The maximum Gasteiger partial charge on any atom is 0.416 e. The van der Waals surface area contributed by atoms with E-state index < -0.39 is 44.5 Å². The molecule has 0 saturated carbocycles. The third-order valence-electron chi connectivity index (χ3n) is 3.86. The fourth-order valence-corrected chi connectivity index (χ4v) is 4.31. The number of hydrazine groups is 1. The van der Waals surface area contributed by atoms with E-state index in [1.807, 2.05) is 0 Å². The second-order valence-corrected chi connectivity index (χ2v) is 7.78. The molecule has 142 valence electrons. The summed E-state index contributed by atoms with van der Waals surface area (Å²) in [7, 11) is -4.05. The highest BCUT2D eigenvalue weighted by molar-refractivity contribution is 7.92. The van der Waals surface area contributed by atoms with E-state index in [4.69, 9.17) is 0 Å². The van der Waals surface area contributed by atoms with Gasteiger partial charge in [0, 0.05) is 18.0 Å². The molecular formula is C16H12F3N3O4S. The number of halogens is 3. The predicted molar refractivity (Wildman–Crippen MR) is 86.5 cm³/mol. The van der Waals surface area contributed by atoms with Gasteiger partial charge in [0.05, 0.1) is 5.56 Å². The fraction of sp³-hybridized carbons (Fsp3) is 0.188. The Bertz CT molecular complexity index is 976. The molecule has 27 heavy (non-hydrogen) atoms. The zero-order valence-corrected chi connectivity index (χ0v) is 14.3. The first kappa shape index (κ1) is 18.8. The summed E-state index contributed by atoms with van der Waals surface area (Å²) in [5, 5.41) is -0.987. The molecule has 0 aliphatic carbocycles. The van der Waals surface area contributed by atoms with Gasteiger partial charge in [-0.1, -0.05) is 12.1 Å². The normalized spacial score (nSPS) is 19.1. The van der Waals surface area contributed by atoms with Crippen molar-refractivity contribution in [2.45, 2.75) is 11.6 Å². The second-order valence-electron chi connectivity index (χ2n) is 5.72. The highest BCUT2D eigenvalue weighted by atomic mass is 32.2. The van der Waals surface area contributed by atoms with E-state index in [1.54, 1.807) is 0 Å². The van der Waals surface area contributed by atoms with E-state index in [1.165, 1.54) is 24.5 Å². The molecule has 0 unspecified atom stereocenters. The van der Waals surface area contributed by atoms with E-state index in [-0.39, 0.29) is 11.1 Å². The van der Waals surface area contributed by atoms with Crippen molar-refractivity contribution >= 4 is 21.7 Å². The van der Waals surface area contributed by atoms with Crippen LogP contribution in [-0.4, -0.2) is 36.0 Å². The van der Waals surface area contributed by atoms with Crippen molar-refractivity contribution in [1.82, 2.24) is 15.4 Å². The molecule has 2 amide bonds. The lowest BCUT2D eigenvalue weighted by Gasteiger charge is -2.24. The minimum Gasteiger partial charge on any atom is -0.272 e. The van der Waals surface area contributed by atoms with Crippen LogP contribution in [-0.2, 0) is 20.8 Å². The van der Waals surface area contributed by atoms with Crippen LogP contribution in [0.2, 0.25) is 0 Å². The number of alkyl halides is 3. The Morgan fingerprint density at radius 3 is 2.26 bits per heavy atom. The Kier molecular flexibility index (Phi) is 4.64. The minimum atomic E-state index is -4.59. The number of amides is 2. The maximum absolute atomic E-state index is 12.7. The number of pyridine rings is 1. The lowest BCUT2D eigenvalue weighted by Crippen LogP contribution is -2.45.